The predicted molar refractivity (Wildman–Crippen MR) is 80.2 cm³/mol. The number of hydrogen-bond acceptors (Lipinski definition) is 3. The zero-order valence-corrected chi connectivity index (χ0v) is 13.2. The molecule has 0 aromatic heterocycles. The van der Waals surface area contributed by atoms with Gasteiger partial charge < -0.3 is 9.80 Å². The molecule has 0 bridgehead atoms. The van der Waals surface area contributed by atoms with E-state index in [4.69, 9.17) is 5.14 Å². The summed E-state index contributed by atoms with van der Waals surface area (Å²) in [5.74, 6) is 0. The second kappa shape index (κ2) is 6.03. The molecule has 116 valence electrons. The topological polar surface area (TPSA) is 83.7 Å². The first kappa shape index (κ1) is 15.8. The lowest BCUT2D eigenvalue weighted by Crippen LogP contribution is -2.45. The predicted octanol–water partition coefficient (Wildman–Crippen LogP) is 1.15. The van der Waals surface area contributed by atoms with Crippen LogP contribution in [0, 0.1) is 0 Å². The van der Waals surface area contributed by atoms with Gasteiger partial charge >= 0.3 is 6.03 Å². The second-order valence-electron chi connectivity index (χ2n) is 5.10. The maximum Gasteiger partial charge on any atom is 0.320 e. The van der Waals surface area contributed by atoms with Crippen LogP contribution in [0.15, 0.2) is 23.1 Å². The van der Waals surface area contributed by atoms with Crippen LogP contribution in [0.3, 0.4) is 0 Å². The number of benzene rings is 1. The molecule has 2 rings (SSSR count). The van der Waals surface area contributed by atoms with Gasteiger partial charge in [0.1, 0.15) is 0 Å². The van der Waals surface area contributed by atoms with Gasteiger partial charge in [0.2, 0.25) is 10.0 Å². The Hall–Kier alpha value is -1.60. The molecule has 6 nitrogen and oxygen atoms in total. The summed E-state index contributed by atoms with van der Waals surface area (Å²) in [4.78, 5) is 16.0. The Bertz CT molecular complexity index is 639. The first-order valence-electron chi connectivity index (χ1n) is 7.05. The van der Waals surface area contributed by atoms with Crippen LogP contribution in [0.5, 0.6) is 0 Å². The van der Waals surface area contributed by atoms with Gasteiger partial charge in [-0.2, -0.15) is 0 Å². The van der Waals surface area contributed by atoms with Crippen molar-refractivity contribution < 1.29 is 13.2 Å². The van der Waals surface area contributed by atoms with Crippen LogP contribution in [0.25, 0.3) is 0 Å². The average molecular weight is 311 g/mol. The molecular formula is C14H21N3O3S. The van der Waals surface area contributed by atoms with Gasteiger partial charge in [0, 0.05) is 26.2 Å². The molecule has 0 radical (unpaired) electrons. The van der Waals surface area contributed by atoms with Crippen molar-refractivity contribution in [3.05, 3.63) is 29.3 Å². The highest BCUT2D eigenvalue weighted by atomic mass is 32.2. The molecule has 1 aliphatic rings. The first-order chi connectivity index (χ1) is 9.86. The molecule has 0 spiro atoms. The summed E-state index contributed by atoms with van der Waals surface area (Å²) in [7, 11) is -3.71. The highest BCUT2D eigenvalue weighted by Gasteiger charge is 2.24. The molecule has 0 saturated heterocycles. The molecule has 1 heterocycles. The summed E-state index contributed by atoms with van der Waals surface area (Å²) in [6, 6.07) is 4.88. The van der Waals surface area contributed by atoms with Crippen LogP contribution in [-0.4, -0.2) is 43.9 Å². The number of hydrogen-bond donors (Lipinski definition) is 1. The SMILES string of the molecule is CCN(CC)C(=O)N1CCc2ccc(S(N)(=O)=O)cc2C1. The number of nitrogens with two attached hydrogens (primary N) is 1. The van der Waals surface area contributed by atoms with E-state index < -0.39 is 10.0 Å². The Morgan fingerprint density at radius 2 is 1.95 bits per heavy atom. The van der Waals surface area contributed by atoms with Crippen molar-refractivity contribution in [2.75, 3.05) is 19.6 Å². The van der Waals surface area contributed by atoms with E-state index in [1.807, 2.05) is 13.8 Å². The lowest BCUT2D eigenvalue weighted by molar-refractivity contribution is 0.152. The van der Waals surface area contributed by atoms with Gasteiger partial charge in [-0.1, -0.05) is 6.07 Å². The first-order valence-corrected chi connectivity index (χ1v) is 8.60. The molecule has 7 heteroatoms. The Labute approximate surface area is 125 Å². The Morgan fingerprint density at radius 1 is 1.29 bits per heavy atom. The third-order valence-corrected chi connectivity index (χ3v) is 4.73. The van der Waals surface area contributed by atoms with Crippen molar-refractivity contribution in [2.45, 2.75) is 31.7 Å². The number of carbonyl (C=O) groups is 1. The zero-order chi connectivity index (χ0) is 15.6. The van der Waals surface area contributed by atoms with Crippen LogP contribution in [0.4, 0.5) is 4.79 Å². The van der Waals surface area contributed by atoms with E-state index in [1.165, 1.54) is 6.07 Å². The maximum atomic E-state index is 12.4. The Morgan fingerprint density at radius 3 is 2.52 bits per heavy atom. The van der Waals surface area contributed by atoms with E-state index in [9.17, 15) is 13.2 Å². The van der Waals surface area contributed by atoms with E-state index >= 15 is 0 Å². The third-order valence-electron chi connectivity index (χ3n) is 3.82. The maximum absolute atomic E-state index is 12.4. The fourth-order valence-corrected chi connectivity index (χ4v) is 3.13. The summed E-state index contributed by atoms with van der Waals surface area (Å²) in [5, 5.41) is 5.16. The summed E-state index contributed by atoms with van der Waals surface area (Å²) < 4.78 is 22.8. The molecule has 1 aromatic carbocycles. The van der Waals surface area contributed by atoms with Gasteiger partial charge in [-0.3, -0.25) is 0 Å². The van der Waals surface area contributed by atoms with Gasteiger partial charge in [-0.15, -0.1) is 0 Å². The smallest absolute Gasteiger partial charge is 0.320 e. The van der Waals surface area contributed by atoms with Crippen LogP contribution in [0.1, 0.15) is 25.0 Å². The van der Waals surface area contributed by atoms with Gasteiger partial charge in [0.25, 0.3) is 0 Å². The number of primary sulfonamides is 1. The highest BCUT2D eigenvalue weighted by Crippen LogP contribution is 2.22. The molecule has 2 amide bonds. The van der Waals surface area contributed by atoms with E-state index in [1.54, 1.807) is 21.9 Å². The van der Waals surface area contributed by atoms with Crippen LogP contribution in [-0.2, 0) is 23.0 Å². The van der Waals surface area contributed by atoms with Gasteiger partial charge in [0.05, 0.1) is 4.90 Å². The van der Waals surface area contributed by atoms with Crippen LogP contribution < -0.4 is 5.14 Å². The molecular weight excluding hydrogens is 290 g/mol. The molecule has 0 atom stereocenters. The summed E-state index contributed by atoms with van der Waals surface area (Å²) in [5.41, 5.74) is 1.93. The van der Waals surface area contributed by atoms with Crippen LogP contribution in [0.2, 0.25) is 0 Å². The minimum atomic E-state index is -3.71. The van der Waals surface area contributed by atoms with E-state index in [0.717, 1.165) is 17.5 Å². The van der Waals surface area contributed by atoms with Crippen molar-refractivity contribution in [2.24, 2.45) is 5.14 Å². The number of rotatable bonds is 3. The molecule has 21 heavy (non-hydrogen) atoms. The van der Waals surface area contributed by atoms with E-state index in [2.05, 4.69) is 0 Å². The van der Waals surface area contributed by atoms with E-state index in [0.29, 0.717) is 26.2 Å². The summed E-state index contributed by atoms with van der Waals surface area (Å²) >= 11 is 0. The molecule has 0 fully saturated rings. The number of urea groups is 1. The van der Waals surface area contributed by atoms with Crippen molar-refractivity contribution in [1.82, 2.24) is 9.80 Å². The van der Waals surface area contributed by atoms with E-state index in [-0.39, 0.29) is 10.9 Å². The molecule has 0 aliphatic carbocycles. The lowest BCUT2D eigenvalue weighted by atomic mass is 10.0. The highest BCUT2D eigenvalue weighted by molar-refractivity contribution is 7.89. The largest absolute Gasteiger partial charge is 0.325 e. The molecule has 1 aliphatic heterocycles. The van der Waals surface area contributed by atoms with Gasteiger partial charge in [0.15, 0.2) is 0 Å². The second-order valence-corrected chi connectivity index (χ2v) is 6.66. The van der Waals surface area contributed by atoms with Crippen molar-refractivity contribution in [3.8, 4) is 0 Å². The molecule has 1 aromatic rings. The lowest BCUT2D eigenvalue weighted by Gasteiger charge is -2.33. The number of amides is 2. The number of fused-ring (bicyclic) bond motifs is 1. The van der Waals surface area contributed by atoms with Gasteiger partial charge in [-0.05, 0) is 43.5 Å². The zero-order valence-electron chi connectivity index (χ0n) is 12.4. The van der Waals surface area contributed by atoms with Crippen molar-refractivity contribution in [3.63, 3.8) is 0 Å². The number of nitrogens with zero attached hydrogens (tertiary/aromatic N) is 2. The number of carbonyl (C=O) groups excluding carboxylic acids is 1. The van der Waals surface area contributed by atoms with Gasteiger partial charge in [-0.25, -0.2) is 18.4 Å². The number of sulfonamides is 1. The Kier molecular flexibility index (Phi) is 4.53. The fraction of sp³-hybridized carbons (Fsp3) is 0.500. The third kappa shape index (κ3) is 3.36. The average Bonchev–Trinajstić information content (AvgIpc) is 2.46. The minimum Gasteiger partial charge on any atom is -0.325 e. The summed E-state index contributed by atoms with van der Waals surface area (Å²) in [6.45, 7) is 6.29. The van der Waals surface area contributed by atoms with Crippen molar-refractivity contribution >= 4 is 16.1 Å². The summed E-state index contributed by atoms with van der Waals surface area (Å²) in [6.07, 6.45) is 0.729. The molecule has 2 N–H and O–H groups in total. The Balaban J connectivity index is 2.25. The molecule has 0 saturated carbocycles. The standard InChI is InChI=1S/C14H21N3O3S/c1-3-16(4-2)14(18)17-8-7-11-5-6-13(21(15,19)20)9-12(11)10-17/h5-6,9H,3-4,7-8,10H2,1-2H3,(H2,15,19,20). The van der Waals surface area contributed by atoms with Crippen LogP contribution >= 0.6 is 0 Å². The normalized spacial score (nSPS) is 14.7. The molecule has 0 unspecified atom stereocenters. The quantitative estimate of drug-likeness (QED) is 0.909. The monoisotopic (exact) mass is 311 g/mol. The fourth-order valence-electron chi connectivity index (χ4n) is 2.57. The van der Waals surface area contributed by atoms with Crippen molar-refractivity contribution in [1.29, 1.82) is 0 Å². The minimum absolute atomic E-state index is 0.00772.